The number of hydrogen-bond acceptors (Lipinski definition) is 8. The Balaban J connectivity index is 3.89. The number of rotatable bonds is 85. The van der Waals surface area contributed by atoms with Crippen LogP contribution in [0.25, 0.3) is 0 Å². The molecule has 0 bridgehead atoms. The van der Waals surface area contributed by atoms with E-state index < -0.39 is 24.3 Å². The zero-order valence-electron chi connectivity index (χ0n) is 67.4. The van der Waals surface area contributed by atoms with Crippen molar-refractivity contribution in [3.8, 4) is 0 Å². The normalized spacial score (nSPS) is 12.6. The van der Waals surface area contributed by atoms with Gasteiger partial charge in [0.1, 0.15) is 13.2 Å². The van der Waals surface area contributed by atoms with E-state index in [1.807, 2.05) is 21.1 Å². The molecule has 9 nitrogen and oxygen atoms in total. The molecule has 0 amide bonds. The van der Waals surface area contributed by atoms with E-state index in [0.717, 1.165) is 38.5 Å². The van der Waals surface area contributed by atoms with Gasteiger partial charge in [-0.2, -0.15) is 0 Å². The van der Waals surface area contributed by atoms with Gasteiger partial charge in [-0.25, -0.2) is 0 Å². The number of aliphatic carboxylic acids is 1. The molecule has 0 radical (unpaired) electrons. The summed E-state index contributed by atoms with van der Waals surface area (Å²) in [5.74, 6) is -2.24. The Morgan fingerprint density at radius 1 is 0.293 bits per heavy atom. The fourth-order valence-corrected chi connectivity index (χ4v) is 13.9. The summed E-state index contributed by atoms with van der Waals surface area (Å²) < 4.78 is 22.9. The summed E-state index contributed by atoms with van der Waals surface area (Å²) in [6.07, 6.45) is 102. The van der Waals surface area contributed by atoms with Crippen LogP contribution in [0.1, 0.15) is 476 Å². The summed E-state index contributed by atoms with van der Waals surface area (Å²) in [5, 5.41) is 11.9. The highest BCUT2D eigenvalue weighted by Gasteiger charge is 2.22. The first-order valence-corrected chi connectivity index (χ1v) is 44.5. The Morgan fingerprint density at radius 2 is 0.515 bits per heavy atom. The number of carboxylic acids is 1. The zero-order chi connectivity index (χ0) is 71.8. The minimum atomic E-state index is -1.62. The highest BCUT2D eigenvalue weighted by atomic mass is 16.7. The van der Waals surface area contributed by atoms with E-state index >= 15 is 0 Å². The molecule has 0 spiro atoms. The molecular weight excluding hydrogens is 1220 g/mol. The summed E-state index contributed by atoms with van der Waals surface area (Å²) in [7, 11) is 5.96. The van der Waals surface area contributed by atoms with Crippen LogP contribution in [0.2, 0.25) is 0 Å². The first-order valence-electron chi connectivity index (χ1n) is 44.5. The third-order valence-electron chi connectivity index (χ3n) is 20.7. The molecule has 0 rings (SSSR count). The number of ether oxygens (including phenoxy) is 4. The van der Waals surface area contributed by atoms with Crippen molar-refractivity contribution in [3.05, 3.63) is 24.3 Å². The fraction of sp³-hybridized carbons (Fsp3) is 0.922. The van der Waals surface area contributed by atoms with E-state index in [4.69, 9.17) is 18.9 Å². The number of carboxylic acid groups (broad SMARTS) is 1. The van der Waals surface area contributed by atoms with E-state index in [1.165, 1.54) is 411 Å². The number of allylic oxidation sites excluding steroid dienone is 4. The lowest BCUT2D eigenvalue weighted by molar-refractivity contribution is -0.870. The number of quaternary nitrogens is 1. The van der Waals surface area contributed by atoms with Crippen LogP contribution in [0.5, 0.6) is 0 Å². The molecular formula is C90H173NO8. The molecule has 0 N–H and O–H groups in total. The van der Waals surface area contributed by atoms with Crippen molar-refractivity contribution in [2.75, 3.05) is 47.5 Å². The molecule has 0 aliphatic heterocycles. The topological polar surface area (TPSA) is 111 Å². The molecule has 586 valence electrons. The van der Waals surface area contributed by atoms with Crippen LogP contribution in [0.4, 0.5) is 0 Å². The number of likely N-dealkylation sites (N-methyl/N-ethyl adjacent to an activating group) is 1. The Kier molecular flexibility index (Phi) is 79.6. The summed E-state index contributed by atoms with van der Waals surface area (Å²) in [6.45, 7) is 4.84. The van der Waals surface area contributed by atoms with Crippen LogP contribution in [0, 0.1) is 0 Å². The van der Waals surface area contributed by atoms with E-state index in [2.05, 4.69) is 38.2 Å². The van der Waals surface area contributed by atoms with E-state index in [-0.39, 0.29) is 32.2 Å². The van der Waals surface area contributed by atoms with Crippen molar-refractivity contribution in [2.45, 2.75) is 489 Å². The molecule has 2 unspecified atom stereocenters. The summed E-state index contributed by atoms with van der Waals surface area (Å²) in [4.78, 5) is 37.7. The van der Waals surface area contributed by atoms with Gasteiger partial charge in [0.05, 0.1) is 40.3 Å². The fourth-order valence-electron chi connectivity index (χ4n) is 13.9. The summed E-state index contributed by atoms with van der Waals surface area (Å²) in [6, 6.07) is 0. The lowest BCUT2D eigenvalue weighted by Crippen LogP contribution is -2.44. The second-order valence-corrected chi connectivity index (χ2v) is 31.9. The molecule has 9 heteroatoms. The Bertz CT molecular complexity index is 1680. The van der Waals surface area contributed by atoms with Gasteiger partial charge in [-0.15, -0.1) is 0 Å². The number of unbranched alkanes of at least 4 members (excludes halogenated alkanes) is 66. The Morgan fingerprint density at radius 3 is 0.747 bits per heavy atom. The average Bonchev–Trinajstić information content (AvgIpc) is 1.14. The first-order chi connectivity index (χ1) is 48.6. The van der Waals surface area contributed by atoms with Crippen molar-refractivity contribution >= 4 is 17.9 Å². The third-order valence-corrected chi connectivity index (χ3v) is 20.7. The maximum Gasteiger partial charge on any atom is 0.306 e. The molecule has 0 fully saturated rings. The van der Waals surface area contributed by atoms with Crippen LogP contribution < -0.4 is 5.11 Å². The maximum absolute atomic E-state index is 13.0. The Hall–Kier alpha value is -2.23. The van der Waals surface area contributed by atoms with Crippen molar-refractivity contribution in [1.29, 1.82) is 0 Å². The molecule has 0 aromatic rings. The van der Waals surface area contributed by atoms with Crippen molar-refractivity contribution in [2.24, 2.45) is 0 Å². The molecule has 0 aliphatic rings. The van der Waals surface area contributed by atoms with Crippen molar-refractivity contribution < 1.29 is 42.9 Å². The van der Waals surface area contributed by atoms with Gasteiger partial charge in [-0.05, 0) is 64.2 Å². The minimum Gasteiger partial charge on any atom is -0.545 e. The van der Waals surface area contributed by atoms with Gasteiger partial charge < -0.3 is 33.3 Å². The number of hydrogen-bond donors (Lipinski definition) is 0. The molecule has 0 aromatic heterocycles. The predicted octanol–water partition coefficient (Wildman–Crippen LogP) is 27.5. The van der Waals surface area contributed by atoms with Gasteiger partial charge >= 0.3 is 11.9 Å². The molecule has 0 aromatic carbocycles. The van der Waals surface area contributed by atoms with Gasteiger partial charge in [0.2, 0.25) is 0 Å². The molecule has 0 saturated heterocycles. The summed E-state index contributed by atoms with van der Waals surface area (Å²) >= 11 is 0. The molecule has 2 atom stereocenters. The molecule has 99 heavy (non-hydrogen) atoms. The molecule has 0 aliphatic carbocycles. The standard InChI is InChI=1S/C90H173NO8/c1-6-8-10-12-14-16-18-20-22-24-26-28-30-32-34-36-38-40-42-43-44-45-47-49-51-53-55-57-59-61-63-65-67-69-71-73-75-77-79-81-88(93)99-86(85-98-90(89(94)95)96-83-82-91(3,4)5)84-97-87(92)80-78-76-74-72-70-68-66-64-62-60-58-56-54-52-50-48-46-41-39-37-35-33-31-29-27-25-23-21-19-17-15-13-11-9-7-2/h24-27,86,90H,6-23,28-85H2,1-5H3/b26-24-,27-25-. The lowest BCUT2D eigenvalue weighted by atomic mass is 10.0. The number of nitrogens with zero attached hydrogens (tertiary/aromatic N) is 1. The number of esters is 2. The van der Waals surface area contributed by atoms with E-state index in [9.17, 15) is 19.5 Å². The second kappa shape index (κ2) is 81.4. The van der Waals surface area contributed by atoms with E-state index in [0.29, 0.717) is 17.4 Å². The highest BCUT2D eigenvalue weighted by Crippen LogP contribution is 2.21. The van der Waals surface area contributed by atoms with Crippen molar-refractivity contribution in [1.82, 2.24) is 0 Å². The maximum atomic E-state index is 13.0. The quantitative estimate of drug-likeness (QED) is 0.0195. The van der Waals surface area contributed by atoms with Crippen LogP contribution in [0.3, 0.4) is 0 Å². The van der Waals surface area contributed by atoms with Crippen LogP contribution in [-0.2, 0) is 33.3 Å². The predicted molar refractivity (Wildman–Crippen MR) is 426 cm³/mol. The van der Waals surface area contributed by atoms with Gasteiger partial charge in [0, 0.05) is 12.8 Å². The smallest absolute Gasteiger partial charge is 0.306 e. The lowest BCUT2D eigenvalue weighted by Gasteiger charge is -2.26. The van der Waals surface area contributed by atoms with Crippen LogP contribution in [0.15, 0.2) is 24.3 Å². The van der Waals surface area contributed by atoms with Gasteiger partial charge in [0.25, 0.3) is 0 Å². The molecule has 0 saturated carbocycles. The van der Waals surface area contributed by atoms with E-state index in [1.54, 1.807) is 0 Å². The minimum absolute atomic E-state index is 0.152. The Labute approximate surface area is 618 Å². The van der Waals surface area contributed by atoms with Crippen molar-refractivity contribution in [3.63, 3.8) is 0 Å². The largest absolute Gasteiger partial charge is 0.545 e. The SMILES string of the molecule is CCCCCCCCCC/C=C\CCCCCCCCCCCCCCCCCCCCCCCCCCCCCC(=O)OC(COC(=O)CCCCCCCCCCCCCCCCCCCCCCCCC/C=C\CCCCCCCCCC)COC(OCC[N+](C)(C)C)C(=O)[O-]. The summed E-state index contributed by atoms with van der Waals surface area (Å²) in [5.41, 5.74) is 0. The zero-order valence-corrected chi connectivity index (χ0v) is 67.4. The highest BCUT2D eigenvalue weighted by molar-refractivity contribution is 5.70. The van der Waals surface area contributed by atoms with Crippen LogP contribution >= 0.6 is 0 Å². The first kappa shape index (κ1) is 96.8. The van der Waals surface area contributed by atoms with Gasteiger partial charge in [-0.3, -0.25) is 9.59 Å². The number of carbonyl (C=O) groups is 3. The van der Waals surface area contributed by atoms with Crippen LogP contribution in [-0.4, -0.2) is 82.3 Å². The molecule has 0 heterocycles. The van der Waals surface area contributed by atoms with Gasteiger partial charge in [0.15, 0.2) is 12.4 Å². The average molecular weight is 1400 g/mol. The number of carbonyl (C=O) groups excluding carboxylic acids is 3. The monoisotopic (exact) mass is 1400 g/mol. The van der Waals surface area contributed by atoms with Gasteiger partial charge in [-0.1, -0.05) is 423 Å². The third kappa shape index (κ3) is 82.9. The second-order valence-electron chi connectivity index (χ2n) is 31.9.